The molecule has 0 bridgehead atoms. The second kappa shape index (κ2) is 12.0. The van der Waals surface area contributed by atoms with E-state index in [0.29, 0.717) is 13.2 Å². The zero-order chi connectivity index (χ0) is 9.11. The molecular weight excluding hydrogens is 146 g/mol. The molecular formula is C7H17NO3. The van der Waals surface area contributed by atoms with Crippen LogP contribution in [0.3, 0.4) is 0 Å². The molecule has 0 aliphatic carbocycles. The molecule has 0 saturated carbocycles. The molecule has 11 heavy (non-hydrogen) atoms. The first-order valence-corrected chi connectivity index (χ1v) is 3.62. The zero-order valence-electron chi connectivity index (χ0n) is 7.64. The second-order valence-corrected chi connectivity index (χ2v) is 1.41. The summed E-state index contributed by atoms with van der Waals surface area (Å²) in [5.41, 5.74) is 0. The van der Waals surface area contributed by atoms with Gasteiger partial charge in [0.15, 0.2) is 0 Å². The van der Waals surface area contributed by atoms with Crippen LogP contribution in [0.4, 0.5) is 4.79 Å². The Morgan fingerprint density at radius 2 is 1.91 bits per heavy atom. The zero-order valence-corrected chi connectivity index (χ0v) is 7.64. The number of methoxy groups -OCH3 is 2. The Morgan fingerprint density at radius 3 is 2.27 bits per heavy atom. The van der Waals surface area contributed by atoms with Gasteiger partial charge in [0.2, 0.25) is 0 Å². The van der Waals surface area contributed by atoms with Crippen LogP contribution in [-0.2, 0) is 9.47 Å². The maximum Gasteiger partial charge on any atom is 0.406 e. The third-order valence-electron chi connectivity index (χ3n) is 0.761. The van der Waals surface area contributed by atoms with Gasteiger partial charge in [-0.2, -0.15) is 0 Å². The number of hydrogen-bond donors (Lipinski definition) is 1. The SMILES string of the molecule is CC.COCCNC(=O)OC. The molecule has 4 nitrogen and oxygen atoms in total. The maximum atomic E-state index is 10.3. The average Bonchev–Trinajstić information content (AvgIpc) is 2.08. The van der Waals surface area contributed by atoms with Gasteiger partial charge in [-0.25, -0.2) is 4.79 Å². The first kappa shape index (κ1) is 12.9. The number of carbonyl (C=O) groups is 1. The first-order valence-electron chi connectivity index (χ1n) is 3.62. The lowest BCUT2D eigenvalue weighted by molar-refractivity contribution is 0.160. The minimum Gasteiger partial charge on any atom is -0.453 e. The van der Waals surface area contributed by atoms with Crippen LogP contribution in [0.2, 0.25) is 0 Å². The van der Waals surface area contributed by atoms with E-state index in [0.717, 1.165) is 0 Å². The highest BCUT2D eigenvalue weighted by atomic mass is 16.5. The van der Waals surface area contributed by atoms with Crippen molar-refractivity contribution >= 4 is 6.09 Å². The van der Waals surface area contributed by atoms with Crippen LogP contribution < -0.4 is 5.32 Å². The van der Waals surface area contributed by atoms with Gasteiger partial charge in [0.25, 0.3) is 0 Å². The summed E-state index contributed by atoms with van der Waals surface area (Å²) >= 11 is 0. The molecule has 0 spiro atoms. The summed E-state index contributed by atoms with van der Waals surface area (Å²) in [6.07, 6.45) is -0.424. The quantitative estimate of drug-likeness (QED) is 0.632. The van der Waals surface area contributed by atoms with E-state index in [4.69, 9.17) is 0 Å². The number of amides is 1. The van der Waals surface area contributed by atoms with Crippen molar-refractivity contribution in [2.24, 2.45) is 0 Å². The monoisotopic (exact) mass is 163 g/mol. The molecule has 0 aromatic rings. The Hall–Kier alpha value is -0.770. The van der Waals surface area contributed by atoms with Gasteiger partial charge in [-0.15, -0.1) is 0 Å². The van der Waals surface area contributed by atoms with E-state index in [9.17, 15) is 4.79 Å². The van der Waals surface area contributed by atoms with Gasteiger partial charge in [-0.3, -0.25) is 0 Å². The Labute approximate surface area is 67.9 Å². The van der Waals surface area contributed by atoms with E-state index in [2.05, 4.69) is 14.8 Å². The third kappa shape index (κ3) is 12.4. The molecule has 0 aliphatic rings. The summed E-state index contributed by atoms with van der Waals surface area (Å²) in [5.74, 6) is 0. The molecule has 0 saturated heterocycles. The van der Waals surface area contributed by atoms with Crippen molar-refractivity contribution < 1.29 is 14.3 Å². The van der Waals surface area contributed by atoms with Crippen LogP contribution >= 0.6 is 0 Å². The van der Waals surface area contributed by atoms with Crippen LogP contribution in [0.5, 0.6) is 0 Å². The van der Waals surface area contributed by atoms with Crippen LogP contribution in [0, 0.1) is 0 Å². The Balaban J connectivity index is 0. The summed E-state index contributed by atoms with van der Waals surface area (Å²) in [6.45, 7) is 5.00. The van der Waals surface area contributed by atoms with Gasteiger partial charge in [-0.05, 0) is 0 Å². The predicted molar refractivity (Wildman–Crippen MR) is 43.6 cm³/mol. The summed E-state index contributed by atoms with van der Waals surface area (Å²) in [7, 11) is 2.89. The van der Waals surface area contributed by atoms with Crippen LogP contribution in [0.25, 0.3) is 0 Å². The molecule has 0 aromatic carbocycles. The lowest BCUT2D eigenvalue weighted by Crippen LogP contribution is -2.26. The van der Waals surface area contributed by atoms with Crippen LogP contribution in [-0.4, -0.2) is 33.5 Å². The van der Waals surface area contributed by atoms with Gasteiger partial charge in [-0.1, -0.05) is 13.8 Å². The van der Waals surface area contributed by atoms with E-state index >= 15 is 0 Å². The van der Waals surface area contributed by atoms with Crippen LogP contribution in [0.1, 0.15) is 13.8 Å². The molecule has 0 atom stereocenters. The average molecular weight is 163 g/mol. The summed E-state index contributed by atoms with van der Waals surface area (Å²) in [5, 5.41) is 2.45. The normalized spacial score (nSPS) is 7.64. The van der Waals surface area contributed by atoms with Crippen molar-refractivity contribution in [2.75, 3.05) is 27.4 Å². The Morgan fingerprint density at radius 1 is 1.36 bits per heavy atom. The lowest BCUT2D eigenvalue weighted by atomic mass is 10.7. The Kier molecular flexibility index (Phi) is 14.0. The predicted octanol–water partition coefficient (Wildman–Crippen LogP) is 1.02. The molecule has 0 heterocycles. The highest BCUT2D eigenvalue weighted by Crippen LogP contribution is 1.69. The van der Waals surface area contributed by atoms with E-state index in [-0.39, 0.29) is 0 Å². The highest BCUT2D eigenvalue weighted by molar-refractivity contribution is 5.66. The van der Waals surface area contributed by atoms with E-state index in [1.54, 1.807) is 7.11 Å². The molecule has 0 fully saturated rings. The van der Waals surface area contributed by atoms with Gasteiger partial charge in [0.1, 0.15) is 0 Å². The van der Waals surface area contributed by atoms with E-state index in [1.807, 2.05) is 13.8 Å². The first-order chi connectivity index (χ1) is 5.31. The summed E-state index contributed by atoms with van der Waals surface area (Å²) < 4.78 is 8.96. The fourth-order valence-corrected chi connectivity index (χ4v) is 0.327. The van der Waals surface area contributed by atoms with Crippen molar-refractivity contribution in [1.29, 1.82) is 0 Å². The summed E-state index contributed by atoms with van der Waals surface area (Å²) in [6, 6.07) is 0. The number of ether oxygens (including phenoxy) is 2. The molecule has 68 valence electrons. The standard InChI is InChI=1S/C5H11NO3.C2H6/c1-8-4-3-6-5(7)9-2;1-2/h3-4H2,1-2H3,(H,6,7);1-2H3. The lowest BCUT2D eigenvalue weighted by Gasteiger charge is -2.00. The topological polar surface area (TPSA) is 47.6 Å². The molecule has 1 amide bonds. The minimum absolute atomic E-state index is 0.424. The highest BCUT2D eigenvalue weighted by Gasteiger charge is 1.93. The number of rotatable bonds is 3. The van der Waals surface area contributed by atoms with Crippen molar-refractivity contribution in [2.45, 2.75) is 13.8 Å². The fourth-order valence-electron chi connectivity index (χ4n) is 0.327. The smallest absolute Gasteiger partial charge is 0.406 e. The number of carbonyl (C=O) groups excluding carboxylic acids is 1. The van der Waals surface area contributed by atoms with Crippen molar-refractivity contribution in [3.63, 3.8) is 0 Å². The van der Waals surface area contributed by atoms with Crippen molar-refractivity contribution in [1.82, 2.24) is 5.32 Å². The summed E-state index contributed by atoms with van der Waals surface area (Å²) in [4.78, 5) is 10.3. The maximum absolute atomic E-state index is 10.3. The van der Waals surface area contributed by atoms with E-state index in [1.165, 1.54) is 7.11 Å². The number of hydrogen-bond acceptors (Lipinski definition) is 3. The molecule has 0 aromatic heterocycles. The largest absolute Gasteiger partial charge is 0.453 e. The third-order valence-corrected chi connectivity index (χ3v) is 0.761. The Bertz CT molecular complexity index is 85.8. The van der Waals surface area contributed by atoms with Gasteiger partial charge in [0, 0.05) is 13.7 Å². The van der Waals surface area contributed by atoms with Crippen LogP contribution in [0.15, 0.2) is 0 Å². The van der Waals surface area contributed by atoms with Crippen molar-refractivity contribution in [3.8, 4) is 0 Å². The molecule has 0 aliphatic heterocycles. The second-order valence-electron chi connectivity index (χ2n) is 1.41. The molecule has 1 N–H and O–H groups in total. The number of nitrogens with one attached hydrogen (secondary N) is 1. The minimum atomic E-state index is -0.424. The van der Waals surface area contributed by atoms with Crippen molar-refractivity contribution in [3.05, 3.63) is 0 Å². The van der Waals surface area contributed by atoms with E-state index < -0.39 is 6.09 Å². The molecule has 0 unspecified atom stereocenters. The van der Waals surface area contributed by atoms with Gasteiger partial charge >= 0.3 is 6.09 Å². The molecule has 0 rings (SSSR count). The molecule has 4 heteroatoms. The molecule has 0 radical (unpaired) electrons. The fraction of sp³-hybridized carbons (Fsp3) is 0.857. The number of alkyl carbamates (subject to hydrolysis) is 1. The van der Waals surface area contributed by atoms with Gasteiger partial charge in [0.05, 0.1) is 13.7 Å². The van der Waals surface area contributed by atoms with Gasteiger partial charge < -0.3 is 14.8 Å².